The quantitative estimate of drug-likeness (QED) is 0.772. The molecule has 3 rings (SSSR count). The minimum atomic E-state index is 0.210. The van der Waals surface area contributed by atoms with E-state index in [2.05, 4.69) is 40.6 Å². The van der Waals surface area contributed by atoms with Crippen LogP contribution < -0.4 is 5.32 Å². The fourth-order valence-corrected chi connectivity index (χ4v) is 2.89. The summed E-state index contributed by atoms with van der Waals surface area (Å²) in [5, 5.41) is 5.34. The summed E-state index contributed by atoms with van der Waals surface area (Å²) < 4.78 is 0. The van der Waals surface area contributed by atoms with Crippen LogP contribution in [0.4, 0.5) is 0 Å². The normalized spacial score (nSPS) is 12.5. The van der Waals surface area contributed by atoms with Gasteiger partial charge in [0.15, 0.2) is 0 Å². The molecular formula is C18H17ClN2. The van der Waals surface area contributed by atoms with E-state index in [1.54, 1.807) is 0 Å². The molecule has 0 aliphatic carbocycles. The number of aromatic nitrogens is 1. The highest BCUT2D eigenvalue weighted by atomic mass is 35.5. The van der Waals surface area contributed by atoms with Crippen molar-refractivity contribution in [1.82, 2.24) is 10.3 Å². The van der Waals surface area contributed by atoms with Gasteiger partial charge < -0.3 is 5.32 Å². The fourth-order valence-electron chi connectivity index (χ4n) is 2.68. The summed E-state index contributed by atoms with van der Waals surface area (Å²) in [6.07, 6.45) is 2.73. The molecule has 0 spiro atoms. The first kappa shape index (κ1) is 14.1. The van der Waals surface area contributed by atoms with Gasteiger partial charge in [-0.15, -0.1) is 0 Å². The number of rotatable bonds is 4. The topological polar surface area (TPSA) is 24.9 Å². The number of likely N-dealkylation sites (N-methyl/N-ethyl adjacent to an activating group) is 1. The Balaban J connectivity index is 1.98. The summed E-state index contributed by atoms with van der Waals surface area (Å²) in [4.78, 5) is 4.54. The lowest BCUT2D eigenvalue weighted by Gasteiger charge is -2.18. The molecule has 1 atom stereocenters. The number of hydrogen-bond donors (Lipinski definition) is 1. The molecule has 1 aromatic heterocycles. The molecule has 0 saturated heterocycles. The maximum atomic E-state index is 6.08. The average molecular weight is 297 g/mol. The van der Waals surface area contributed by atoms with Crippen LogP contribution in [0.3, 0.4) is 0 Å². The predicted molar refractivity (Wildman–Crippen MR) is 88.7 cm³/mol. The van der Waals surface area contributed by atoms with Gasteiger partial charge in [0.05, 0.1) is 5.52 Å². The molecule has 0 fully saturated rings. The van der Waals surface area contributed by atoms with Crippen molar-refractivity contribution in [1.29, 1.82) is 0 Å². The Morgan fingerprint density at radius 1 is 1.10 bits per heavy atom. The molecule has 1 N–H and O–H groups in total. The summed E-state index contributed by atoms with van der Waals surface area (Å²) in [6.45, 7) is 0. The Kier molecular flexibility index (Phi) is 4.18. The Bertz CT molecular complexity index is 750. The molecule has 1 heterocycles. The molecule has 0 saturated carbocycles. The lowest BCUT2D eigenvalue weighted by atomic mass is 9.97. The zero-order valence-corrected chi connectivity index (χ0v) is 12.6. The van der Waals surface area contributed by atoms with Gasteiger partial charge in [0.1, 0.15) is 0 Å². The average Bonchev–Trinajstić information content (AvgIpc) is 2.52. The summed E-state index contributed by atoms with van der Waals surface area (Å²) >= 11 is 6.08. The van der Waals surface area contributed by atoms with Crippen molar-refractivity contribution in [2.24, 2.45) is 0 Å². The first-order chi connectivity index (χ1) is 10.3. The first-order valence-electron chi connectivity index (χ1n) is 7.03. The van der Waals surface area contributed by atoms with Gasteiger partial charge in [-0.2, -0.15) is 0 Å². The third-order valence-electron chi connectivity index (χ3n) is 3.72. The smallest absolute Gasteiger partial charge is 0.0749 e. The highest BCUT2D eigenvalue weighted by molar-refractivity contribution is 6.30. The van der Waals surface area contributed by atoms with Crippen LogP contribution >= 0.6 is 11.6 Å². The molecule has 0 aliphatic heterocycles. The second kappa shape index (κ2) is 6.25. The number of nitrogens with one attached hydrogen (secondary N) is 1. The summed E-state index contributed by atoms with van der Waals surface area (Å²) in [5.74, 6) is 0. The lowest BCUT2D eigenvalue weighted by molar-refractivity contribution is 0.595. The van der Waals surface area contributed by atoms with Crippen LogP contribution in [0, 0.1) is 0 Å². The number of para-hydroxylation sites is 1. The standard InChI is InChI=1S/C18H17ClN2/c1-20-17(12-13-5-2-8-15(19)11-13)16-9-3-6-14-7-4-10-21-18(14)16/h2-11,17,20H,12H2,1H3. The molecule has 2 aromatic carbocycles. The van der Waals surface area contributed by atoms with E-state index >= 15 is 0 Å². The van der Waals surface area contributed by atoms with Crippen molar-refractivity contribution < 1.29 is 0 Å². The van der Waals surface area contributed by atoms with Crippen molar-refractivity contribution in [3.8, 4) is 0 Å². The van der Waals surface area contributed by atoms with E-state index in [0.29, 0.717) is 0 Å². The zero-order valence-electron chi connectivity index (χ0n) is 11.9. The Hall–Kier alpha value is -1.90. The molecule has 2 nitrogen and oxygen atoms in total. The summed E-state index contributed by atoms with van der Waals surface area (Å²) in [6, 6.07) is 18.6. The molecule has 0 amide bonds. The number of pyridine rings is 1. The minimum absolute atomic E-state index is 0.210. The van der Waals surface area contributed by atoms with Gasteiger partial charge in [-0.3, -0.25) is 4.98 Å². The number of hydrogen-bond acceptors (Lipinski definition) is 2. The molecule has 106 valence electrons. The van der Waals surface area contributed by atoms with Crippen LogP contribution in [-0.2, 0) is 6.42 Å². The Labute approximate surface area is 129 Å². The van der Waals surface area contributed by atoms with Gasteiger partial charge in [0, 0.05) is 22.6 Å². The van der Waals surface area contributed by atoms with Crippen LogP contribution in [-0.4, -0.2) is 12.0 Å². The molecular weight excluding hydrogens is 280 g/mol. The van der Waals surface area contributed by atoms with Crippen LogP contribution in [0.15, 0.2) is 60.8 Å². The highest BCUT2D eigenvalue weighted by Crippen LogP contribution is 2.25. The molecule has 0 aliphatic rings. The van der Waals surface area contributed by atoms with Crippen LogP contribution in [0.5, 0.6) is 0 Å². The largest absolute Gasteiger partial charge is 0.313 e. The molecule has 0 radical (unpaired) electrons. The Morgan fingerprint density at radius 2 is 1.90 bits per heavy atom. The van der Waals surface area contributed by atoms with E-state index < -0.39 is 0 Å². The summed E-state index contributed by atoms with van der Waals surface area (Å²) in [5.41, 5.74) is 3.49. The zero-order chi connectivity index (χ0) is 14.7. The van der Waals surface area contributed by atoms with Crippen molar-refractivity contribution in [2.45, 2.75) is 12.5 Å². The molecule has 21 heavy (non-hydrogen) atoms. The van der Waals surface area contributed by atoms with Gasteiger partial charge >= 0.3 is 0 Å². The highest BCUT2D eigenvalue weighted by Gasteiger charge is 2.14. The number of halogens is 1. The van der Waals surface area contributed by atoms with Crippen molar-refractivity contribution >= 4 is 22.5 Å². The van der Waals surface area contributed by atoms with Gasteiger partial charge in [-0.25, -0.2) is 0 Å². The van der Waals surface area contributed by atoms with E-state index in [4.69, 9.17) is 11.6 Å². The Morgan fingerprint density at radius 3 is 2.71 bits per heavy atom. The van der Waals surface area contributed by atoms with Crippen molar-refractivity contribution in [2.75, 3.05) is 7.05 Å². The van der Waals surface area contributed by atoms with Gasteiger partial charge in [-0.05, 0) is 42.8 Å². The SMILES string of the molecule is CNC(Cc1cccc(Cl)c1)c1cccc2cccnc12. The monoisotopic (exact) mass is 296 g/mol. The predicted octanol–water partition coefficient (Wildman–Crippen LogP) is 4.39. The van der Waals surface area contributed by atoms with E-state index in [9.17, 15) is 0 Å². The van der Waals surface area contributed by atoms with E-state index in [1.807, 2.05) is 37.5 Å². The van der Waals surface area contributed by atoms with Crippen LogP contribution in [0.1, 0.15) is 17.2 Å². The first-order valence-corrected chi connectivity index (χ1v) is 7.41. The maximum Gasteiger partial charge on any atom is 0.0749 e. The molecule has 1 unspecified atom stereocenters. The third-order valence-corrected chi connectivity index (χ3v) is 3.95. The van der Waals surface area contributed by atoms with Crippen molar-refractivity contribution in [3.63, 3.8) is 0 Å². The summed E-state index contributed by atoms with van der Waals surface area (Å²) in [7, 11) is 1.98. The number of benzene rings is 2. The van der Waals surface area contributed by atoms with Gasteiger partial charge in [-0.1, -0.05) is 48.0 Å². The third kappa shape index (κ3) is 3.07. The van der Waals surface area contributed by atoms with Crippen molar-refractivity contribution in [3.05, 3.63) is 76.9 Å². The van der Waals surface area contributed by atoms with Crippen LogP contribution in [0.2, 0.25) is 5.02 Å². The molecule has 0 bridgehead atoms. The number of fused-ring (bicyclic) bond motifs is 1. The van der Waals surface area contributed by atoms with E-state index in [0.717, 1.165) is 17.0 Å². The lowest BCUT2D eigenvalue weighted by Crippen LogP contribution is -2.19. The maximum absolute atomic E-state index is 6.08. The molecule has 3 heteroatoms. The van der Waals surface area contributed by atoms with Gasteiger partial charge in [0.2, 0.25) is 0 Å². The number of nitrogens with zero attached hydrogens (tertiary/aromatic N) is 1. The second-order valence-corrected chi connectivity index (χ2v) is 5.53. The van der Waals surface area contributed by atoms with E-state index in [1.165, 1.54) is 16.5 Å². The molecule has 3 aromatic rings. The fraction of sp³-hybridized carbons (Fsp3) is 0.167. The van der Waals surface area contributed by atoms with Crippen LogP contribution in [0.25, 0.3) is 10.9 Å². The minimum Gasteiger partial charge on any atom is -0.313 e. The second-order valence-electron chi connectivity index (χ2n) is 5.10. The van der Waals surface area contributed by atoms with E-state index in [-0.39, 0.29) is 6.04 Å². The van der Waals surface area contributed by atoms with Gasteiger partial charge in [0.25, 0.3) is 0 Å².